The number of carbonyl (C=O) groups is 1. The summed E-state index contributed by atoms with van der Waals surface area (Å²) in [7, 11) is -4.01. The zero-order valence-electron chi connectivity index (χ0n) is 13.3. The van der Waals surface area contributed by atoms with Gasteiger partial charge >= 0.3 is 0 Å². The summed E-state index contributed by atoms with van der Waals surface area (Å²) in [5, 5.41) is 5.75. The van der Waals surface area contributed by atoms with E-state index in [1.807, 2.05) is 24.3 Å². The van der Waals surface area contributed by atoms with Crippen LogP contribution >= 0.6 is 23.2 Å². The molecule has 3 aromatic rings. The average molecular weight is 406 g/mol. The Balaban J connectivity index is 1.92. The summed E-state index contributed by atoms with van der Waals surface area (Å²) in [5.41, 5.74) is 2.51. The largest absolute Gasteiger partial charge is 0.289 e. The van der Waals surface area contributed by atoms with Crippen molar-refractivity contribution in [1.82, 2.24) is 0 Å². The summed E-state index contributed by atoms with van der Waals surface area (Å²) < 4.78 is 23.1. The molecule has 0 radical (unpaired) electrons. The highest BCUT2D eigenvalue weighted by atomic mass is 35.5. The molecule has 4 nitrogen and oxygen atoms in total. The van der Waals surface area contributed by atoms with Gasteiger partial charge in [0.2, 0.25) is 10.0 Å². The molecular weight excluding hydrogens is 393 g/mol. The van der Waals surface area contributed by atoms with Crippen LogP contribution < -0.4 is 5.14 Å². The highest BCUT2D eigenvalue weighted by molar-refractivity contribution is 7.89. The number of hydrogen-bond donors (Lipinski definition) is 1. The molecule has 0 unspecified atom stereocenters. The zero-order valence-corrected chi connectivity index (χ0v) is 15.6. The Morgan fingerprint density at radius 2 is 1.27 bits per heavy atom. The van der Waals surface area contributed by atoms with E-state index in [1.165, 1.54) is 18.2 Å². The van der Waals surface area contributed by atoms with Gasteiger partial charge in [0.05, 0.1) is 5.02 Å². The average Bonchev–Trinajstić information content (AvgIpc) is 2.61. The lowest BCUT2D eigenvalue weighted by Crippen LogP contribution is -2.14. The van der Waals surface area contributed by atoms with Gasteiger partial charge in [-0.1, -0.05) is 59.6 Å². The van der Waals surface area contributed by atoms with Crippen LogP contribution in [0.25, 0.3) is 11.1 Å². The summed E-state index contributed by atoms with van der Waals surface area (Å²) in [4.78, 5) is 12.4. The first kappa shape index (κ1) is 18.6. The van der Waals surface area contributed by atoms with Gasteiger partial charge in [0.1, 0.15) is 4.90 Å². The molecule has 0 saturated heterocycles. The standard InChI is InChI=1S/C19H13Cl2NO3S/c20-16-8-5-13(6-9-16)12-1-3-14(4-2-12)19(23)15-7-10-17(21)18(11-15)26(22,24)25/h1-11H,(H2,22,24,25). The molecule has 3 aromatic carbocycles. The van der Waals surface area contributed by atoms with E-state index >= 15 is 0 Å². The third-order valence-electron chi connectivity index (χ3n) is 3.82. The van der Waals surface area contributed by atoms with E-state index in [4.69, 9.17) is 28.3 Å². The zero-order chi connectivity index (χ0) is 18.9. The summed E-state index contributed by atoms with van der Waals surface area (Å²) in [5.74, 6) is -0.325. The van der Waals surface area contributed by atoms with E-state index in [2.05, 4.69) is 0 Å². The molecule has 0 bridgehead atoms. The molecule has 0 saturated carbocycles. The molecule has 0 aliphatic rings. The predicted octanol–water partition coefficient (Wildman–Crippen LogP) is 4.54. The molecule has 132 valence electrons. The molecule has 2 N–H and O–H groups in total. The fraction of sp³-hybridized carbons (Fsp3) is 0. The minimum atomic E-state index is -4.01. The summed E-state index contributed by atoms with van der Waals surface area (Å²) in [6, 6.07) is 18.3. The van der Waals surface area contributed by atoms with E-state index in [0.717, 1.165) is 11.1 Å². The third kappa shape index (κ3) is 3.97. The third-order valence-corrected chi connectivity index (χ3v) is 5.47. The van der Waals surface area contributed by atoms with Crippen LogP contribution in [-0.4, -0.2) is 14.2 Å². The second kappa shape index (κ2) is 7.21. The van der Waals surface area contributed by atoms with E-state index < -0.39 is 10.0 Å². The van der Waals surface area contributed by atoms with Crippen LogP contribution in [0.1, 0.15) is 15.9 Å². The van der Waals surface area contributed by atoms with Crippen LogP contribution in [0.15, 0.2) is 71.6 Å². The Kier molecular flexibility index (Phi) is 5.16. The molecule has 0 aliphatic carbocycles. The smallest absolute Gasteiger partial charge is 0.239 e. The van der Waals surface area contributed by atoms with Gasteiger partial charge in [-0.25, -0.2) is 13.6 Å². The number of sulfonamides is 1. The number of primary sulfonamides is 1. The van der Waals surface area contributed by atoms with Crippen LogP contribution in [0.4, 0.5) is 0 Å². The maximum Gasteiger partial charge on any atom is 0.239 e. The van der Waals surface area contributed by atoms with Crippen LogP contribution in [0, 0.1) is 0 Å². The molecule has 7 heteroatoms. The molecule has 0 spiro atoms. The van der Waals surface area contributed by atoms with Crippen molar-refractivity contribution < 1.29 is 13.2 Å². The minimum Gasteiger partial charge on any atom is -0.289 e. The second-order valence-corrected chi connectivity index (χ2v) is 7.98. The van der Waals surface area contributed by atoms with Crippen molar-refractivity contribution in [3.05, 3.63) is 87.9 Å². The maximum absolute atomic E-state index is 12.6. The van der Waals surface area contributed by atoms with Crippen molar-refractivity contribution in [1.29, 1.82) is 0 Å². The van der Waals surface area contributed by atoms with Crippen LogP contribution in [0.2, 0.25) is 10.0 Å². The van der Waals surface area contributed by atoms with Crippen molar-refractivity contribution in [2.75, 3.05) is 0 Å². The Morgan fingerprint density at radius 3 is 1.81 bits per heavy atom. The van der Waals surface area contributed by atoms with Gasteiger partial charge in [0.15, 0.2) is 5.78 Å². The fourth-order valence-corrected chi connectivity index (χ4v) is 3.68. The molecule has 3 rings (SSSR count). The van der Waals surface area contributed by atoms with Gasteiger partial charge in [0, 0.05) is 16.1 Å². The first-order valence-corrected chi connectivity index (χ1v) is 9.79. The Labute approximate surface area is 161 Å². The number of nitrogens with two attached hydrogens (primary N) is 1. The SMILES string of the molecule is NS(=O)(=O)c1cc(C(=O)c2ccc(-c3ccc(Cl)cc3)cc2)ccc1Cl. The lowest BCUT2D eigenvalue weighted by Gasteiger charge is -2.07. The number of hydrogen-bond acceptors (Lipinski definition) is 3. The monoisotopic (exact) mass is 405 g/mol. The molecule has 0 aromatic heterocycles. The maximum atomic E-state index is 12.6. The lowest BCUT2D eigenvalue weighted by molar-refractivity contribution is 0.103. The second-order valence-electron chi connectivity index (χ2n) is 5.60. The molecule has 0 fully saturated rings. The minimum absolute atomic E-state index is 0.0258. The molecule has 0 aliphatic heterocycles. The summed E-state index contributed by atoms with van der Waals surface area (Å²) in [6.45, 7) is 0. The predicted molar refractivity (Wildman–Crippen MR) is 103 cm³/mol. The Bertz CT molecular complexity index is 1080. The number of rotatable bonds is 4. The molecular formula is C19H13Cl2NO3S. The number of ketones is 1. The Hall–Kier alpha value is -2.18. The molecule has 0 heterocycles. The van der Waals surface area contributed by atoms with Gasteiger partial charge in [-0.15, -0.1) is 0 Å². The van der Waals surface area contributed by atoms with Gasteiger partial charge in [0.25, 0.3) is 0 Å². The van der Waals surface area contributed by atoms with Crippen molar-refractivity contribution in [2.45, 2.75) is 4.90 Å². The first-order chi connectivity index (χ1) is 12.3. The Morgan fingerprint density at radius 1 is 0.769 bits per heavy atom. The van der Waals surface area contributed by atoms with Crippen molar-refractivity contribution in [3.8, 4) is 11.1 Å². The van der Waals surface area contributed by atoms with Crippen LogP contribution in [0.5, 0.6) is 0 Å². The lowest BCUT2D eigenvalue weighted by atomic mass is 9.99. The highest BCUT2D eigenvalue weighted by Gasteiger charge is 2.17. The summed E-state index contributed by atoms with van der Waals surface area (Å²) in [6.07, 6.45) is 0. The first-order valence-electron chi connectivity index (χ1n) is 7.49. The van der Waals surface area contributed by atoms with Gasteiger partial charge in [-0.05, 0) is 41.5 Å². The fourth-order valence-electron chi connectivity index (χ4n) is 2.49. The van der Waals surface area contributed by atoms with E-state index in [-0.39, 0.29) is 21.3 Å². The normalized spacial score (nSPS) is 11.3. The number of carbonyl (C=O) groups excluding carboxylic acids is 1. The van der Waals surface area contributed by atoms with Gasteiger partial charge in [-0.2, -0.15) is 0 Å². The van der Waals surface area contributed by atoms with Crippen LogP contribution in [-0.2, 0) is 10.0 Å². The molecule has 0 amide bonds. The van der Waals surface area contributed by atoms with Crippen LogP contribution in [0.3, 0.4) is 0 Å². The molecule has 0 atom stereocenters. The number of benzene rings is 3. The van der Waals surface area contributed by atoms with E-state index in [1.54, 1.807) is 24.3 Å². The van der Waals surface area contributed by atoms with Gasteiger partial charge < -0.3 is 0 Å². The van der Waals surface area contributed by atoms with Gasteiger partial charge in [-0.3, -0.25) is 4.79 Å². The van der Waals surface area contributed by atoms with E-state index in [0.29, 0.717) is 10.6 Å². The highest BCUT2D eigenvalue weighted by Crippen LogP contribution is 2.25. The van der Waals surface area contributed by atoms with Crippen molar-refractivity contribution in [2.24, 2.45) is 5.14 Å². The van der Waals surface area contributed by atoms with Crippen molar-refractivity contribution >= 4 is 39.0 Å². The molecule has 26 heavy (non-hydrogen) atoms. The quantitative estimate of drug-likeness (QED) is 0.647. The van der Waals surface area contributed by atoms with Crippen molar-refractivity contribution in [3.63, 3.8) is 0 Å². The topological polar surface area (TPSA) is 77.2 Å². The van der Waals surface area contributed by atoms with E-state index in [9.17, 15) is 13.2 Å². The number of halogens is 2. The summed E-state index contributed by atoms with van der Waals surface area (Å²) >= 11 is 11.7.